The normalized spacial score (nSPS) is 10.0. The second kappa shape index (κ2) is 5.49. The largest absolute Gasteiger partial charge is 0.489 e. The molecule has 2 nitrogen and oxygen atoms in total. The number of hydrogen-bond acceptors (Lipinski definition) is 2. The van der Waals surface area contributed by atoms with Crippen LogP contribution in [0.2, 0.25) is 0 Å². The third-order valence-corrected chi connectivity index (χ3v) is 2.71. The van der Waals surface area contributed by atoms with Gasteiger partial charge in [0.05, 0.1) is 11.6 Å². The molecule has 2 rings (SSSR count). The van der Waals surface area contributed by atoms with Crippen molar-refractivity contribution in [2.24, 2.45) is 0 Å². The van der Waals surface area contributed by atoms with Crippen molar-refractivity contribution >= 4 is 0 Å². The molecule has 0 spiro atoms. The molecule has 0 aliphatic rings. The molecule has 0 aromatic heterocycles. The van der Waals surface area contributed by atoms with Gasteiger partial charge in [0, 0.05) is 5.56 Å². The Morgan fingerprint density at radius 3 is 2.47 bits per heavy atom. The first-order chi connectivity index (χ1) is 9.10. The quantitative estimate of drug-likeness (QED) is 0.841. The molecule has 0 heterocycles. The highest BCUT2D eigenvalue weighted by Crippen LogP contribution is 2.20. The van der Waals surface area contributed by atoms with E-state index in [2.05, 4.69) is 0 Å². The number of nitriles is 1. The molecule has 0 N–H and O–H groups in total. The van der Waals surface area contributed by atoms with E-state index in [9.17, 15) is 8.78 Å². The van der Waals surface area contributed by atoms with Gasteiger partial charge in [0.15, 0.2) is 0 Å². The van der Waals surface area contributed by atoms with E-state index in [0.717, 1.165) is 0 Å². The summed E-state index contributed by atoms with van der Waals surface area (Å²) in [4.78, 5) is 0. The van der Waals surface area contributed by atoms with Crippen LogP contribution in [0.5, 0.6) is 5.75 Å². The molecular formula is C15H11F2NO. The van der Waals surface area contributed by atoms with Gasteiger partial charge < -0.3 is 4.74 Å². The molecule has 0 saturated heterocycles. The number of benzene rings is 2. The fourth-order valence-corrected chi connectivity index (χ4v) is 1.72. The molecule has 0 bridgehead atoms. The van der Waals surface area contributed by atoms with Crippen molar-refractivity contribution < 1.29 is 13.5 Å². The maximum Gasteiger partial charge on any atom is 0.123 e. The van der Waals surface area contributed by atoms with Crippen LogP contribution in [0.15, 0.2) is 36.4 Å². The Labute approximate surface area is 109 Å². The van der Waals surface area contributed by atoms with Gasteiger partial charge in [-0.3, -0.25) is 0 Å². The van der Waals surface area contributed by atoms with E-state index in [1.165, 1.54) is 36.4 Å². The highest BCUT2D eigenvalue weighted by molar-refractivity contribution is 5.38. The zero-order chi connectivity index (χ0) is 13.8. The predicted octanol–water partition coefficient (Wildman–Crippen LogP) is 3.72. The summed E-state index contributed by atoms with van der Waals surface area (Å²) in [6.45, 7) is 1.78. The van der Waals surface area contributed by atoms with Gasteiger partial charge in [-0.25, -0.2) is 8.78 Å². The minimum atomic E-state index is -0.423. The number of nitrogens with zero attached hydrogens (tertiary/aromatic N) is 1. The maximum absolute atomic E-state index is 13.1. The van der Waals surface area contributed by atoms with Crippen LogP contribution in [-0.2, 0) is 6.61 Å². The molecule has 2 aromatic rings. The summed E-state index contributed by atoms with van der Waals surface area (Å²) in [6.07, 6.45) is 0. The smallest absolute Gasteiger partial charge is 0.123 e. The highest BCUT2D eigenvalue weighted by atomic mass is 19.1. The molecule has 96 valence electrons. The number of halogens is 2. The standard InChI is InChI=1S/C15H11F2NO/c1-10-6-13(16)4-5-15(10)19-9-12-7-14(17)3-2-11(12)8-18/h2-7H,9H2,1H3. The van der Waals surface area contributed by atoms with Gasteiger partial charge in [0.25, 0.3) is 0 Å². The summed E-state index contributed by atoms with van der Waals surface area (Å²) >= 11 is 0. The fraction of sp³-hybridized carbons (Fsp3) is 0.133. The number of rotatable bonds is 3. The molecule has 0 aliphatic heterocycles. The van der Waals surface area contributed by atoms with E-state index in [4.69, 9.17) is 10.00 Å². The Hall–Kier alpha value is -2.41. The van der Waals surface area contributed by atoms with Gasteiger partial charge in [-0.05, 0) is 48.9 Å². The third-order valence-electron chi connectivity index (χ3n) is 2.71. The van der Waals surface area contributed by atoms with Gasteiger partial charge in [-0.2, -0.15) is 5.26 Å². The molecule has 0 radical (unpaired) electrons. The molecule has 0 atom stereocenters. The van der Waals surface area contributed by atoms with Crippen molar-refractivity contribution in [1.29, 1.82) is 5.26 Å². The summed E-state index contributed by atoms with van der Waals surface area (Å²) in [7, 11) is 0. The molecule has 19 heavy (non-hydrogen) atoms. The van der Waals surface area contributed by atoms with E-state index >= 15 is 0 Å². The Balaban J connectivity index is 2.19. The zero-order valence-corrected chi connectivity index (χ0v) is 10.3. The zero-order valence-electron chi connectivity index (χ0n) is 10.3. The number of ether oxygens (including phenoxy) is 1. The summed E-state index contributed by atoms with van der Waals surface area (Å²) in [5, 5.41) is 8.92. The van der Waals surface area contributed by atoms with E-state index in [1.807, 2.05) is 6.07 Å². The van der Waals surface area contributed by atoms with Gasteiger partial charge in [-0.1, -0.05) is 0 Å². The second-order valence-corrected chi connectivity index (χ2v) is 4.11. The van der Waals surface area contributed by atoms with Crippen LogP contribution < -0.4 is 4.74 Å². The molecule has 0 unspecified atom stereocenters. The molecular weight excluding hydrogens is 248 g/mol. The first-order valence-electron chi connectivity index (χ1n) is 5.67. The summed E-state index contributed by atoms with van der Waals surface area (Å²) in [5.74, 6) is -0.253. The second-order valence-electron chi connectivity index (χ2n) is 4.11. The van der Waals surface area contributed by atoms with Crippen LogP contribution in [0.25, 0.3) is 0 Å². The first kappa shape index (κ1) is 13.0. The Morgan fingerprint density at radius 1 is 1.11 bits per heavy atom. The minimum absolute atomic E-state index is 0.0626. The molecule has 0 fully saturated rings. The molecule has 0 amide bonds. The highest BCUT2D eigenvalue weighted by Gasteiger charge is 2.06. The van der Waals surface area contributed by atoms with E-state index in [0.29, 0.717) is 22.4 Å². The topological polar surface area (TPSA) is 33.0 Å². The molecule has 0 aliphatic carbocycles. The van der Waals surface area contributed by atoms with Crippen LogP contribution in [0.4, 0.5) is 8.78 Å². The lowest BCUT2D eigenvalue weighted by molar-refractivity contribution is 0.302. The Bertz CT molecular complexity index is 647. The van der Waals surface area contributed by atoms with Crippen molar-refractivity contribution in [3.8, 4) is 11.8 Å². The average molecular weight is 259 g/mol. The molecule has 2 aromatic carbocycles. The van der Waals surface area contributed by atoms with Crippen molar-refractivity contribution in [3.05, 3.63) is 64.7 Å². The van der Waals surface area contributed by atoms with Crippen LogP contribution >= 0.6 is 0 Å². The van der Waals surface area contributed by atoms with E-state index < -0.39 is 5.82 Å². The third kappa shape index (κ3) is 3.08. The monoisotopic (exact) mass is 259 g/mol. The summed E-state index contributed by atoms with van der Waals surface area (Å²) in [6, 6.07) is 10.0. The van der Waals surface area contributed by atoms with E-state index in [-0.39, 0.29) is 12.4 Å². The first-order valence-corrected chi connectivity index (χ1v) is 5.67. The van der Waals surface area contributed by atoms with Crippen LogP contribution in [0.1, 0.15) is 16.7 Å². The predicted molar refractivity (Wildman–Crippen MR) is 66.6 cm³/mol. The van der Waals surface area contributed by atoms with Crippen LogP contribution in [0, 0.1) is 29.9 Å². The van der Waals surface area contributed by atoms with Crippen molar-refractivity contribution in [2.45, 2.75) is 13.5 Å². The van der Waals surface area contributed by atoms with Crippen LogP contribution in [0.3, 0.4) is 0 Å². The lowest BCUT2D eigenvalue weighted by Gasteiger charge is -2.10. The lowest BCUT2D eigenvalue weighted by Crippen LogP contribution is -2.00. The Morgan fingerprint density at radius 2 is 1.79 bits per heavy atom. The molecule has 4 heteroatoms. The SMILES string of the molecule is Cc1cc(F)ccc1OCc1cc(F)ccc1C#N. The van der Waals surface area contributed by atoms with Crippen molar-refractivity contribution in [1.82, 2.24) is 0 Å². The van der Waals surface area contributed by atoms with Gasteiger partial charge in [0.1, 0.15) is 24.0 Å². The van der Waals surface area contributed by atoms with Crippen LogP contribution in [-0.4, -0.2) is 0 Å². The Kier molecular flexibility index (Phi) is 3.76. The lowest BCUT2D eigenvalue weighted by atomic mass is 10.1. The maximum atomic E-state index is 13.1. The van der Waals surface area contributed by atoms with Gasteiger partial charge in [-0.15, -0.1) is 0 Å². The fourth-order valence-electron chi connectivity index (χ4n) is 1.72. The van der Waals surface area contributed by atoms with Gasteiger partial charge in [0.2, 0.25) is 0 Å². The average Bonchev–Trinajstić information content (AvgIpc) is 2.38. The van der Waals surface area contributed by atoms with Crippen molar-refractivity contribution in [3.63, 3.8) is 0 Å². The minimum Gasteiger partial charge on any atom is -0.489 e. The van der Waals surface area contributed by atoms with Gasteiger partial charge >= 0.3 is 0 Å². The van der Waals surface area contributed by atoms with E-state index in [1.54, 1.807) is 6.92 Å². The summed E-state index contributed by atoms with van der Waals surface area (Å²) in [5.41, 5.74) is 1.47. The number of hydrogen-bond donors (Lipinski definition) is 0. The molecule has 0 saturated carbocycles. The summed E-state index contributed by atoms with van der Waals surface area (Å²) < 4.78 is 31.6. The number of aryl methyl sites for hydroxylation is 1. The van der Waals surface area contributed by atoms with Crippen molar-refractivity contribution in [2.75, 3.05) is 0 Å².